The molecule has 0 rings (SSSR count). The van der Waals surface area contributed by atoms with Crippen LogP contribution < -0.4 is 11.5 Å². The largest absolute Gasteiger partial charge is 0.481 e. The Balaban J connectivity index is 0. The summed E-state index contributed by atoms with van der Waals surface area (Å²) in [4.78, 5) is 20.0. The first-order valence-electron chi connectivity index (χ1n) is 6.35. The average Bonchev–Trinajstić information content (AvgIpc) is 2.30. The van der Waals surface area contributed by atoms with Crippen molar-refractivity contribution in [3.8, 4) is 0 Å². The molecule has 0 bridgehead atoms. The highest BCUT2D eigenvalue weighted by Gasteiger charge is 2.09. The predicted molar refractivity (Wildman–Crippen MR) is 70.3 cm³/mol. The summed E-state index contributed by atoms with van der Waals surface area (Å²) in [6.07, 6.45) is 5.44. The molecular formula is C12H26N2O4. The van der Waals surface area contributed by atoms with Crippen molar-refractivity contribution in [1.29, 1.82) is 0 Å². The Morgan fingerprint density at radius 2 is 1.72 bits per heavy atom. The second-order valence-corrected chi connectivity index (χ2v) is 4.08. The molecule has 0 saturated carbocycles. The van der Waals surface area contributed by atoms with Crippen LogP contribution in [0.25, 0.3) is 0 Å². The SMILES string of the molecule is CCCCCC(=O)O.NCCCC[C@H](N)C(=O)O. The molecule has 1 atom stereocenters. The summed E-state index contributed by atoms with van der Waals surface area (Å²) in [6, 6.07) is -0.716. The van der Waals surface area contributed by atoms with Gasteiger partial charge in [0.1, 0.15) is 6.04 Å². The van der Waals surface area contributed by atoms with E-state index in [-0.39, 0.29) is 0 Å². The van der Waals surface area contributed by atoms with Gasteiger partial charge >= 0.3 is 11.9 Å². The predicted octanol–water partition coefficient (Wildman–Crippen LogP) is 1.18. The molecule has 0 aliphatic carbocycles. The molecule has 0 saturated heterocycles. The zero-order chi connectivity index (χ0) is 14.4. The van der Waals surface area contributed by atoms with E-state index in [0.29, 0.717) is 19.4 Å². The molecule has 108 valence electrons. The quantitative estimate of drug-likeness (QED) is 0.462. The summed E-state index contributed by atoms with van der Waals surface area (Å²) in [7, 11) is 0. The normalized spacial score (nSPS) is 11.3. The number of hydrogen-bond donors (Lipinski definition) is 4. The highest BCUT2D eigenvalue weighted by molar-refractivity contribution is 5.72. The Morgan fingerprint density at radius 3 is 2.11 bits per heavy atom. The van der Waals surface area contributed by atoms with Crippen LogP contribution in [0.3, 0.4) is 0 Å². The Hall–Kier alpha value is -1.14. The second kappa shape index (κ2) is 13.9. The van der Waals surface area contributed by atoms with E-state index in [1.54, 1.807) is 0 Å². The van der Waals surface area contributed by atoms with E-state index in [2.05, 4.69) is 6.92 Å². The van der Waals surface area contributed by atoms with Crippen LogP contribution >= 0.6 is 0 Å². The van der Waals surface area contributed by atoms with Gasteiger partial charge in [0.2, 0.25) is 0 Å². The minimum absolute atomic E-state index is 0.327. The fourth-order valence-electron chi connectivity index (χ4n) is 1.16. The van der Waals surface area contributed by atoms with Crippen molar-refractivity contribution in [2.45, 2.75) is 57.9 Å². The first-order chi connectivity index (χ1) is 8.45. The number of hydrogen-bond acceptors (Lipinski definition) is 4. The molecule has 0 aromatic heterocycles. The zero-order valence-corrected chi connectivity index (χ0v) is 11.1. The molecule has 18 heavy (non-hydrogen) atoms. The molecule has 0 aromatic rings. The number of carboxylic acid groups (broad SMARTS) is 2. The standard InChI is InChI=1S/C6H14N2O2.C6H12O2/c7-4-2-1-3-5(8)6(9)10;1-2-3-4-5-6(7)8/h5H,1-4,7-8H2,(H,9,10);2-5H2,1H3,(H,7,8)/t5-;/m0./s1. The van der Waals surface area contributed by atoms with Crippen molar-refractivity contribution in [3.63, 3.8) is 0 Å². The van der Waals surface area contributed by atoms with Gasteiger partial charge in [0, 0.05) is 6.42 Å². The maximum absolute atomic E-state index is 10.1. The number of unbranched alkanes of at least 4 members (excludes halogenated alkanes) is 3. The Kier molecular flexibility index (Phi) is 14.9. The first-order valence-corrected chi connectivity index (χ1v) is 6.35. The maximum Gasteiger partial charge on any atom is 0.320 e. The molecule has 0 fully saturated rings. The van der Waals surface area contributed by atoms with Crippen molar-refractivity contribution in [2.75, 3.05) is 6.54 Å². The van der Waals surface area contributed by atoms with E-state index in [9.17, 15) is 9.59 Å². The van der Waals surface area contributed by atoms with Crippen LogP contribution in [0.15, 0.2) is 0 Å². The third kappa shape index (κ3) is 17.3. The molecule has 0 aromatic carbocycles. The van der Waals surface area contributed by atoms with Gasteiger partial charge in [-0.15, -0.1) is 0 Å². The Morgan fingerprint density at radius 1 is 1.11 bits per heavy atom. The number of carbonyl (C=O) groups is 2. The van der Waals surface area contributed by atoms with E-state index in [1.165, 1.54) is 0 Å². The van der Waals surface area contributed by atoms with E-state index in [0.717, 1.165) is 32.1 Å². The highest BCUT2D eigenvalue weighted by Crippen LogP contribution is 1.97. The van der Waals surface area contributed by atoms with Crippen LogP contribution in [-0.4, -0.2) is 34.7 Å². The monoisotopic (exact) mass is 262 g/mol. The topological polar surface area (TPSA) is 127 Å². The van der Waals surface area contributed by atoms with Crippen LogP contribution in [0.5, 0.6) is 0 Å². The van der Waals surface area contributed by atoms with Gasteiger partial charge in [0.05, 0.1) is 0 Å². The molecular weight excluding hydrogens is 236 g/mol. The molecule has 0 aliphatic rings. The van der Waals surface area contributed by atoms with E-state index >= 15 is 0 Å². The van der Waals surface area contributed by atoms with Gasteiger partial charge in [-0.25, -0.2) is 0 Å². The molecule has 6 nitrogen and oxygen atoms in total. The van der Waals surface area contributed by atoms with Gasteiger partial charge in [-0.2, -0.15) is 0 Å². The second-order valence-electron chi connectivity index (χ2n) is 4.08. The summed E-state index contributed by atoms with van der Waals surface area (Å²) in [5.74, 6) is -1.62. The lowest BCUT2D eigenvalue weighted by atomic mass is 10.1. The fraction of sp³-hybridized carbons (Fsp3) is 0.833. The molecule has 0 heterocycles. The van der Waals surface area contributed by atoms with Gasteiger partial charge in [-0.05, 0) is 25.8 Å². The van der Waals surface area contributed by atoms with E-state index in [1.807, 2.05) is 0 Å². The van der Waals surface area contributed by atoms with Crippen molar-refractivity contribution in [1.82, 2.24) is 0 Å². The minimum atomic E-state index is -0.933. The molecule has 0 radical (unpaired) electrons. The van der Waals surface area contributed by atoms with Crippen LogP contribution in [-0.2, 0) is 9.59 Å². The number of rotatable bonds is 9. The van der Waals surface area contributed by atoms with Crippen LogP contribution in [0.4, 0.5) is 0 Å². The third-order valence-electron chi connectivity index (χ3n) is 2.28. The molecule has 0 aliphatic heterocycles. The summed E-state index contributed by atoms with van der Waals surface area (Å²) in [5, 5.41) is 16.5. The molecule has 0 spiro atoms. The van der Waals surface area contributed by atoms with Crippen molar-refractivity contribution in [2.24, 2.45) is 11.5 Å². The molecule has 6 heteroatoms. The zero-order valence-electron chi connectivity index (χ0n) is 11.1. The van der Waals surface area contributed by atoms with Crippen molar-refractivity contribution in [3.05, 3.63) is 0 Å². The summed E-state index contributed by atoms with van der Waals surface area (Å²) < 4.78 is 0. The van der Waals surface area contributed by atoms with Crippen molar-refractivity contribution < 1.29 is 19.8 Å². The van der Waals surface area contributed by atoms with E-state index < -0.39 is 18.0 Å². The lowest BCUT2D eigenvalue weighted by molar-refractivity contribution is -0.139. The third-order valence-corrected chi connectivity index (χ3v) is 2.28. The van der Waals surface area contributed by atoms with Gasteiger partial charge in [-0.1, -0.05) is 26.2 Å². The first kappa shape index (κ1) is 19.2. The van der Waals surface area contributed by atoms with Gasteiger partial charge in [-0.3, -0.25) is 9.59 Å². The number of nitrogens with two attached hydrogens (primary N) is 2. The lowest BCUT2D eigenvalue weighted by Crippen LogP contribution is -2.29. The number of carboxylic acids is 2. The van der Waals surface area contributed by atoms with Crippen LogP contribution in [0, 0.1) is 0 Å². The molecule has 0 amide bonds. The smallest absolute Gasteiger partial charge is 0.320 e. The average molecular weight is 262 g/mol. The maximum atomic E-state index is 10.1. The molecule has 0 unspecified atom stereocenters. The van der Waals surface area contributed by atoms with Crippen LogP contribution in [0.2, 0.25) is 0 Å². The fourth-order valence-corrected chi connectivity index (χ4v) is 1.16. The summed E-state index contributed by atoms with van der Waals surface area (Å²) in [6.45, 7) is 2.66. The van der Waals surface area contributed by atoms with Gasteiger partial charge < -0.3 is 21.7 Å². The van der Waals surface area contributed by atoms with Crippen LogP contribution in [0.1, 0.15) is 51.9 Å². The summed E-state index contributed by atoms with van der Waals surface area (Å²) >= 11 is 0. The lowest BCUT2D eigenvalue weighted by Gasteiger charge is -2.03. The van der Waals surface area contributed by atoms with Crippen molar-refractivity contribution >= 4 is 11.9 Å². The van der Waals surface area contributed by atoms with E-state index in [4.69, 9.17) is 21.7 Å². The minimum Gasteiger partial charge on any atom is -0.481 e. The van der Waals surface area contributed by atoms with Gasteiger partial charge in [0.25, 0.3) is 0 Å². The highest BCUT2D eigenvalue weighted by atomic mass is 16.4. The molecule has 6 N–H and O–H groups in total. The Bertz CT molecular complexity index is 222. The van der Waals surface area contributed by atoms with Gasteiger partial charge in [0.15, 0.2) is 0 Å². The Labute approximate surface area is 108 Å². The number of aliphatic carboxylic acids is 2. The summed E-state index contributed by atoms with van der Waals surface area (Å²) in [5.41, 5.74) is 10.4.